The van der Waals surface area contributed by atoms with Gasteiger partial charge >= 0.3 is 0 Å². The molecule has 0 saturated carbocycles. The van der Waals surface area contributed by atoms with Crippen LogP contribution in [0.2, 0.25) is 0 Å². The number of anilines is 1. The van der Waals surface area contributed by atoms with Gasteiger partial charge in [0.1, 0.15) is 5.82 Å². The second kappa shape index (κ2) is 8.81. The Hall–Kier alpha value is -4.33. The third-order valence-electron chi connectivity index (χ3n) is 5.15. The lowest BCUT2D eigenvalue weighted by atomic mass is 10.00. The summed E-state index contributed by atoms with van der Waals surface area (Å²) in [5.74, 6) is 1.24. The van der Waals surface area contributed by atoms with E-state index in [-0.39, 0.29) is 11.6 Å². The Morgan fingerprint density at radius 1 is 1.09 bits per heavy atom. The third-order valence-corrected chi connectivity index (χ3v) is 5.15. The van der Waals surface area contributed by atoms with Crippen LogP contribution in [0.15, 0.2) is 65.3 Å². The van der Waals surface area contributed by atoms with E-state index in [0.717, 1.165) is 11.1 Å². The van der Waals surface area contributed by atoms with Crippen LogP contribution in [-0.2, 0) is 0 Å². The fraction of sp³-hybridized carbons (Fsp3) is 0.125. The van der Waals surface area contributed by atoms with Crippen LogP contribution in [0.5, 0.6) is 0 Å². The van der Waals surface area contributed by atoms with Crippen LogP contribution in [0.1, 0.15) is 28.1 Å². The van der Waals surface area contributed by atoms with Gasteiger partial charge in [-0.05, 0) is 54.3 Å². The first-order chi connectivity index (χ1) is 15.5. The number of hydrogen-bond acceptors (Lipinski definition) is 7. The number of nitro groups is 1. The van der Waals surface area contributed by atoms with Gasteiger partial charge in [0, 0.05) is 31.0 Å². The molecule has 8 heteroatoms. The Balaban J connectivity index is 1.86. The predicted molar refractivity (Wildman–Crippen MR) is 123 cm³/mol. The molecular weight excluding hydrogens is 406 g/mol. The van der Waals surface area contributed by atoms with Crippen LogP contribution in [-0.4, -0.2) is 27.1 Å². The minimum absolute atomic E-state index is 0.0158. The zero-order valence-corrected chi connectivity index (χ0v) is 17.9. The molecule has 2 aromatic carbocycles. The summed E-state index contributed by atoms with van der Waals surface area (Å²) in [7, 11) is 1.76. The maximum absolute atomic E-state index is 11.3. The number of hydrogen-bond donors (Lipinski definition) is 1. The Bertz CT molecular complexity index is 1330. The number of aryl methyl sites for hydroxylation is 2. The van der Waals surface area contributed by atoms with Crippen molar-refractivity contribution in [3.05, 3.63) is 99.1 Å². The lowest BCUT2D eigenvalue weighted by molar-refractivity contribution is -0.384. The molecular formula is C24H21N5O3. The standard InChI is InChI=1S/C24H21N5O3/c1-15-9-10-17(12-16(15)2)13-21(18-6-4-7-19(14-18)29(30)31)24-27-23(28-32-24)20-8-5-11-26-22(20)25-3/h4-14H,1-3H3,(H,25,26)/b21-13+. The van der Waals surface area contributed by atoms with Crippen LogP contribution < -0.4 is 5.32 Å². The van der Waals surface area contributed by atoms with E-state index in [9.17, 15) is 10.1 Å². The van der Waals surface area contributed by atoms with Crippen molar-refractivity contribution >= 4 is 23.2 Å². The minimum atomic E-state index is -0.425. The van der Waals surface area contributed by atoms with Gasteiger partial charge < -0.3 is 9.84 Å². The van der Waals surface area contributed by atoms with Gasteiger partial charge in [0.15, 0.2) is 0 Å². The smallest absolute Gasteiger partial charge is 0.270 e. The van der Waals surface area contributed by atoms with Gasteiger partial charge in [-0.15, -0.1) is 0 Å². The summed E-state index contributed by atoms with van der Waals surface area (Å²) in [6.45, 7) is 4.08. The number of pyridine rings is 1. The zero-order chi connectivity index (χ0) is 22.7. The zero-order valence-electron chi connectivity index (χ0n) is 17.9. The summed E-state index contributed by atoms with van der Waals surface area (Å²) in [6.07, 6.45) is 3.56. The first-order valence-electron chi connectivity index (χ1n) is 9.97. The summed E-state index contributed by atoms with van der Waals surface area (Å²) in [5.41, 5.74) is 5.10. The molecule has 0 bridgehead atoms. The van der Waals surface area contributed by atoms with Crippen molar-refractivity contribution in [1.29, 1.82) is 0 Å². The molecule has 4 rings (SSSR count). The summed E-state index contributed by atoms with van der Waals surface area (Å²) in [4.78, 5) is 19.8. The molecule has 0 aliphatic rings. The molecule has 160 valence electrons. The number of nitro benzene ring substituents is 1. The first-order valence-corrected chi connectivity index (χ1v) is 9.97. The normalized spacial score (nSPS) is 11.4. The molecule has 0 aliphatic heterocycles. The maximum Gasteiger partial charge on any atom is 0.270 e. The van der Waals surface area contributed by atoms with Crippen molar-refractivity contribution in [3.8, 4) is 11.4 Å². The van der Waals surface area contributed by atoms with E-state index in [0.29, 0.717) is 28.3 Å². The second-order valence-electron chi connectivity index (χ2n) is 7.28. The van der Waals surface area contributed by atoms with E-state index in [1.165, 1.54) is 17.7 Å². The highest BCUT2D eigenvalue weighted by molar-refractivity contribution is 5.89. The Morgan fingerprint density at radius 2 is 1.94 bits per heavy atom. The predicted octanol–water partition coefficient (Wildman–Crippen LogP) is 5.29. The summed E-state index contributed by atoms with van der Waals surface area (Å²) in [5, 5.41) is 18.5. The van der Waals surface area contributed by atoms with Gasteiger partial charge in [0.2, 0.25) is 5.82 Å². The lowest BCUT2D eigenvalue weighted by Gasteiger charge is -2.06. The monoisotopic (exact) mass is 427 g/mol. The quantitative estimate of drug-likeness (QED) is 0.253. The fourth-order valence-electron chi connectivity index (χ4n) is 3.30. The van der Waals surface area contributed by atoms with E-state index >= 15 is 0 Å². The van der Waals surface area contributed by atoms with E-state index in [4.69, 9.17) is 4.52 Å². The van der Waals surface area contributed by atoms with E-state index in [1.807, 2.05) is 44.2 Å². The average Bonchev–Trinajstić information content (AvgIpc) is 3.29. The van der Waals surface area contributed by atoms with Gasteiger partial charge in [-0.2, -0.15) is 4.98 Å². The topological polar surface area (TPSA) is 107 Å². The van der Waals surface area contributed by atoms with Crippen LogP contribution >= 0.6 is 0 Å². The van der Waals surface area contributed by atoms with Crippen molar-refractivity contribution in [1.82, 2.24) is 15.1 Å². The number of benzene rings is 2. The summed E-state index contributed by atoms with van der Waals surface area (Å²) >= 11 is 0. The Labute approximate surface area is 184 Å². The molecule has 0 amide bonds. The minimum Gasteiger partial charge on any atom is -0.373 e. The number of nitrogens with one attached hydrogen (secondary N) is 1. The van der Waals surface area contributed by atoms with Crippen LogP contribution in [0, 0.1) is 24.0 Å². The summed E-state index contributed by atoms with van der Waals surface area (Å²) in [6, 6.07) is 16.1. The van der Waals surface area contributed by atoms with Crippen LogP contribution in [0.3, 0.4) is 0 Å². The molecule has 32 heavy (non-hydrogen) atoms. The lowest BCUT2D eigenvalue weighted by Crippen LogP contribution is -1.96. The highest BCUT2D eigenvalue weighted by atomic mass is 16.6. The highest BCUT2D eigenvalue weighted by Crippen LogP contribution is 2.30. The number of aromatic nitrogens is 3. The van der Waals surface area contributed by atoms with Crippen molar-refractivity contribution < 1.29 is 9.45 Å². The summed E-state index contributed by atoms with van der Waals surface area (Å²) < 4.78 is 5.61. The average molecular weight is 427 g/mol. The molecule has 4 aromatic rings. The van der Waals surface area contributed by atoms with Crippen molar-refractivity contribution in [3.63, 3.8) is 0 Å². The van der Waals surface area contributed by atoms with Gasteiger partial charge in [0.05, 0.1) is 10.5 Å². The molecule has 0 fully saturated rings. The van der Waals surface area contributed by atoms with Gasteiger partial charge in [-0.3, -0.25) is 10.1 Å². The molecule has 8 nitrogen and oxygen atoms in total. The number of nitrogens with zero attached hydrogens (tertiary/aromatic N) is 4. The van der Waals surface area contributed by atoms with Gasteiger partial charge in [-0.25, -0.2) is 4.98 Å². The maximum atomic E-state index is 11.3. The van der Waals surface area contributed by atoms with Gasteiger partial charge in [0.25, 0.3) is 11.6 Å². The van der Waals surface area contributed by atoms with Crippen LogP contribution in [0.25, 0.3) is 23.0 Å². The molecule has 0 aliphatic carbocycles. The first kappa shape index (κ1) is 20.9. The van der Waals surface area contributed by atoms with Crippen molar-refractivity contribution in [2.45, 2.75) is 13.8 Å². The number of rotatable bonds is 6. The van der Waals surface area contributed by atoms with Crippen molar-refractivity contribution in [2.24, 2.45) is 0 Å². The number of non-ortho nitro benzene ring substituents is 1. The largest absolute Gasteiger partial charge is 0.373 e. The van der Waals surface area contributed by atoms with E-state index < -0.39 is 4.92 Å². The molecule has 0 radical (unpaired) electrons. The fourth-order valence-corrected chi connectivity index (χ4v) is 3.30. The Morgan fingerprint density at radius 3 is 2.69 bits per heavy atom. The SMILES string of the molecule is CNc1ncccc1-c1noc(/C(=C/c2ccc(C)c(C)c2)c2cccc([N+](=O)[O-])c2)n1. The van der Waals surface area contributed by atoms with E-state index in [1.54, 1.807) is 31.4 Å². The molecule has 0 atom stereocenters. The molecule has 2 aromatic heterocycles. The molecule has 1 N–H and O–H groups in total. The molecule has 0 saturated heterocycles. The van der Waals surface area contributed by atoms with Crippen molar-refractivity contribution in [2.75, 3.05) is 12.4 Å². The van der Waals surface area contributed by atoms with Crippen LogP contribution in [0.4, 0.5) is 11.5 Å². The van der Waals surface area contributed by atoms with E-state index in [2.05, 4.69) is 20.4 Å². The molecule has 0 spiro atoms. The van der Waals surface area contributed by atoms with Gasteiger partial charge in [-0.1, -0.05) is 35.5 Å². The molecule has 0 unspecified atom stereocenters. The Kier molecular flexibility index (Phi) is 5.76. The highest BCUT2D eigenvalue weighted by Gasteiger charge is 2.19. The molecule has 2 heterocycles. The third kappa shape index (κ3) is 4.24. The second-order valence-corrected chi connectivity index (χ2v) is 7.28.